The van der Waals surface area contributed by atoms with E-state index in [1.54, 1.807) is 12.1 Å². The third-order valence-electron chi connectivity index (χ3n) is 2.32. The lowest BCUT2D eigenvalue weighted by Crippen LogP contribution is -2.07. The van der Waals surface area contributed by atoms with Crippen LogP contribution in [0.25, 0.3) is 0 Å². The molecule has 0 amide bonds. The van der Waals surface area contributed by atoms with Crippen molar-refractivity contribution < 1.29 is 28.8 Å². The van der Waals surface area contributed by atoms with Crippen molar-refractivity contribution in [2.75, 3.05) is 27.9 Å². The molecule has 0 saturated carbocycles. The van der Waals surface area contributed by atoms with Crippen LogP contribution in [0.15, 0.2) is 12.1 Å². The van der Waals surface area contributed by atoms with Crippen LogP contribution in [-0.4, -0.2) is 39.2 Å². The van der Waals surface area contributed by atoms with Crippen LogP contribution < -0.4 is 9.47 Å². The van der Waals surface area contributed by atoms with Gasteiger partial charge in [0, 0.05) is 6.42 Å². The van der Waals surface area contributed by atoms with Crippen LogP contribution in [0.5, 0.6) is 17.2 Å². The molecule has 6 heteroatoms. The summed E-state index contributed by atoms with van der Waals surface area (Å²) in [5.74, 6) is 0.558. The Morgan fingerprint density at radius 3 is 2.17 bits per heavy atom. The summed E-state index contributed by atoms with van der Waals surface area (Å²) in [5, 5.41) is 9.71. The molecule has 0 aliphatic heterocycles. The van der Waals surface area contributed by atoms with Gasteiger partial charge in [0.15, 0.2) is 11.5 Å². The molecule has 0 saturated heterocycles. The minimum atomic E-state index is -0.729. The Bertz CT molecular complexity index is 390. The van der Waals surface area contributed by atoms with Crippen molar-refractivity contribution in [1.82, 2.24) is 0 Å². The monoisotopic (exact) mass is 256 g/mol. The molecule has 1 aromatic carbocycles. The fourth-order valence-corrected chi connectivity index (χ4v) is 1.40. The summed E-state index contributed by atoms with van der Waals surface area (Å²) in [6.45, 7) is 0.170. The Labute approximate surface area is 105 Å². The van der Waals surface area contributed by atoms with Crippen LogP contribution in [0.1, 0.15) is 5.56 Å². The first-order valence-electron chi connectivity index (χ1n) is 5.27. The van der Waals surface area contributed by atoms with Gasteiger partial charge in [-0.25, -0.2) is 4.79 Å². The van der Waals surface area contributed by atoms with Crippen molar-refractivity contribution in [3.63, 3.8) is 0 Å². The van der Waals surface area contributed by atoms with Crippen molar-refractivity contribution in [2.24, 2.45) is 0 Å². The number of hydrogen-bond donors (Lipinski definition) is 1. The first-order chi connectivity index (χ1) is 8.62. The number of phenols is 1. The maximum atomic E-state index is 10.8. The summed E-state index contributed by atoms with van der Waals surface area (Å²) in [5.41, 5.74) is 0.811. The summed E-state index contributed by atoms with van der Waals surface area (Å²) in [6, 6.07) is 3.30. The molecule has 0 heterocycles. The standard InChI is InChI=1S/C12H16O6/c1-15-9-6-8(4-5-18-12(14)17-3)7-10(16-2)11(9)13/h6-7,13H,4-5H2,1-3H3. The summed E-state index contributed by atoms with van der Waals surface area (Å²) >= 11 is 0. The molecule has 0 radical (unpaired) electrons. The Kier molecular flexibility index (Phi) is 5.10. The Morgan fingerprint density at radius 1 is 1.17 bits per heavy atom. The SMILES string of the molecule is COC(=O)OCCc1cc(OC)c(O)c(OC)c1. The van der Waals surface area contributed by atoms with Crippen LogP contribution in [0.4, 0.5) is 4.79 Å². The van der Waals surface area contributed by atoms with Gasteiger partial charge in [0.05, 0.1) is 27.9 Å². The quantitative estimate of drug-likeness (QED) is 0.809. The van der Waals surface area contributed by atoms with Crippen LogP contribution in [0.2, 0.25) is 0 Å². The van der Waals surface area contributed by atoms with Gasteiger partial charge in [0.1, 0.15) is 0 Å². The molecule has 0 spiro atoms. The molecule has 0 bridgehead atoms. The van der Waals surface area contributed by atoms with Gasteiger partial charge in [0.2, 0.25) is 5.75 Å². The molecule has 0 aromatic heterocycles. The normalized spacial score (nSPS) is 9.72. The number of rotatable bonds is 5. The first-order valence-corrected chi connectivity index (χ1v) is 5.27. The topological polar surface area (TPSA) is 74.2 Å². The fourth-order valence-electron chi connectivity index (χ4n) is 1.40. The van der Waals surface area contributed by atoms with Crippen LogP contribution in [-0.2, 0) is 15.9 Å². The maximum Gasteiger partial charge on any atom is 0.507 e. The fraction of sp³-hybridized carbons (Fsp3) is 0.417. The number of aromatic hydroxyl groups is 1. The lowest BCUT2D eigenvalue weighted by atomic mass is 10.1. The second-order valence-corrected chi connectivity index (χ2v) is 3.40. The van der Waals surface area contributed by atoms with E-state index in [9.17, 15) is 9.90 Å². The van der Waals surface area contributed by atoms with E-state index < -0.39 is 6.16 Å². The van der Waals surface area contributed by atoms with E-state index in [4.69, 9.17) is 14.2 Å². The average Bonchev–Trinajstić information content (AvgIpc) is 2.39. The Morgan fingerprint density at radius 2 is 1.72 bits per heavy atom. The molecule has 100 valence electrons. The van der Waals surface area contributed by atoms with Gasteiger partial charge in [-0.15, -0.1) is 0 Å². The van der Waals surface area contributed by atoms with Gasteiger partial charge < -0.3 is 24.1 Å². The number of benzene rings is 1. The van der Waals surface area contributed by atoms with Gasteiger partial charge in [-0.1, -0.05) is 0 Å². The van der Waals surface area contributed by atoms with E-state index in [1.165, 1.54) is 21.3 Å². The van der Waals surface area contributed by atoms with Gasteiger partial charge in [-0.05, 0) is 17.7 Å². The van der Waals surface area contributed by atoms with E-state index in [1.807, 2.05) is 0 Å². The number of carbonyl (C=O) groups is 1. The van der Waals surface area contributed by atoms with Crippen molar-refractivity contribution in [3.05, 3.63) is 17.7 Å². The van der Waals surface area contributed by atoms with Crippen molar-refractivity contribution in [3.8, 4) is 17.2 Å². The molecule has 6 nitrogen and oxygen atoms in total. The van der Waals surface area contributed by atoms with Crippen LogP contribution >= 0.6 is 0 Å². The minimum absolute atomic E-state index is 0.0577. The van der Waals surface area contributed by atoms with E-state index in [2.05, 4.69) is 4.74 Å². The van der Waals surface area contributed by atoms with Gasteiger partial charge in [0.25, 0.3) is 0 Å². The second kappa shape index (κ2) is 6.58. The zero-order chi connectivity index (χ0) is 13.5. The summed E-state index contributed by atoms with van der Waals surface area (Å²) in [4.78, 5) is 10.8. The molecule has 0 aliphatic rings. The van der Waals surface area contributed by atoms with Crippen molar-refractivity contribution >= 4 is 6.16 Å². The van der Waals surface area contributed by atoms with Crippen molar-refractivity contribution in [1.29, 1.82) is 0 Å². The number of ether oxygens (including phenoxy) is 4. The third-order valence-corrected chi connectivity index (χ3v) is 2.32. The average molecular weight is 256 g/mol. The Balaban J connectivity index is 2.74. The Hall–Kier alpha value is -2.11. The van der Waals surface area contributed by atoms with Gasteiger partial charge in [-0.2, -0.15) is 0 Å². The van der Waals surface area contributed by atoms with Crippen LogP contribution in [0.3, 0.4) is 0 Å². The van der Waals surface area contributed by atoms with Crippen molar-refractivity contribution in [2.45, 2.75) is 6.42 Å². The van der Waals surface area contributed by atoms with E-state index in [0.29, 0.717) is 17.9 Å². The maximum absolute atomic E-state index is 10.8. The summed E-state index contributed by atoms with van der Waals surface area (Å²) in [6.07, 6.45) is -0.269. The summed E-state index contributed by atoms with van der Waals surface area (Å²) in [7, 11) is 4.14. The molecule has 1 N–H and O–H groups in total. The molecule has 1 aromatic rings. The molecule has 0 fully saturated rings. The minimum Gasteiger partial charge on any atom is -0.502 e. The lowest BCUT2D eigenvalue weighted by Gasteiger charge is -2.11. The van der Waals surface area contributed by atoms with Gasteiger partial charge >= 0.3 is 6.16 Å². The number of phenolic OH excluding ortho intramolecular Hbond substituents is 1. The summed E-state index contributed by atoms with van der Waals surface area (Å²) < 4.78 is 19.1. The number of carbonyl (C=O) groups excluding carboxylic acids is 1. The molecule has 0 aliphatic carbocycles. The smallest absolute Gasteiger partial charge is 0.502 e. The van der Waals surface area contributed by atoms with E-state index in [-0.39, 0.29) is 12.4 Å². The largest absolute Gasteiger partial charge is 0.507 e. The highest BCUT2D eigenvalue weighted by molar-refractivity contribution is 5.59. The highest BCUT2D eigenvalue weighted by Crippen LogP contribution is 2.37. The molecule has 1 rings (SSSR count). The molecule has 0 unspecified atom stereocenters. The van der Waals surface area contributed by atoms with E-state index in [0.717, 1.165) is 5.56 Å². The zero-order valence-electron chi connectivity index (χ0n) is 10.6. The number of methoxy groups -OCH3 is 3. The molecular formula is C12H16O6. The highest BCUT2D eigenvalue weighted by atomic mass is 16.7. The van der Waals surface area contributed by atoms with Crippen LogP contribution in [0, 0.1) is 0 Å². The zero-order valence-corrected chi connectivity index (χ0v) is 10.6. The second-order valence-electron chi connectivity index (χ2n) is 3.40. The van der Waals surface area contributed by atoms with Gasteiger partial charge in [-0.3, -0.25) is 0 Å². The molecule has 18 heavy (non-hydrogen) atoms. The molecular weight excluding hydrogens is 240 g/mol. The predicted molar refractivity (Wildman–Crippen MR) is 63.3 cm³/mol. The molecule has 0 atom stereocenters. The first kappa shape index (κ1) is 14.0. The highest BCUT2D eigenvalue weighted by Gasteiger charge is 2.11. The lowest BCUT2D eigenvalue weighted by molar-refractivity contribution is 0.0736. The predicted octanol–water partition coefficient (Wildman–Crippen LogP) is 1.73. The number of hydrogen-bond acceptors (Lipinski definition) is 6. The third kappa shape index (κ3) is 3.44. The van der Waals surface area contributed by atoms with E-state index >= 15 is 0 Å².